The first-order chi connectivity index (χ1) is 11.0. The lowest BCUT2D eigenvalue weighted by Gasteiger charge is -2.17. The monoisotopic (exact) mass is 317 g/mol. The molecule has 0 saturated carbocycles. The molecule has 0 amide bonds. The van der Waals surface area contributed by atoms with Crippen LogP contribution >= 0.6 is 0 Å². The van der Waals surface area contributed by atoms with Gasteiger partial charge in [0.1, 0.15) is 5.82 Å². The fourth-order valence-electron chi connectivity index (χ4n) is 2.98. The van der Waals surface area contributed by atoms with E-state index in [9.17, 15) is 4.79 Å². The number of carboxylic acids is 1. The molecular formula is C18H27N3O2. The maximum absolute atomic E-state index is 10.9. The van der Waals surface area contributed by atoms with Crippen LogP contribution in [0.3, 0.4) is 0 Å². The van der Waals surface area contributed by atoms with E-state index in [0.29, 0.717) is 5.92 Å². The third-order valence-corrected chi connectivity index (χ3v) is 4.32. The number of imidazole rings is 1. The maximum Gasteiger partial charge on any atom is 0.307 e. The number of rotatable bonds is 8. The molecule has 1 aromatic carbocycles. The molecular weight excluding hydrogens is 290 g/mol. The Morgan fingerprint density at radius 1 is 1.30 bits per heavy atom. The van der Waals surface area contributed by atoms with Crippen LogP contribution in [0.2, 0.25) is 0 Å². The van der Waals surface area contributed by atoms with Gasteiger partial charge in [0, 0.05) is 19.0 Å². The van der Waals surface area contributed by atoms with E-state index in [1.54, 1.807) is 0 Å². The van der Waals surface area contributed by atoms with Gasteiger partial charge in [-0.25, -0.2) is 4.98 Å². The van der Waals surface area contributed by atoms with Crippen molar-refractivity contribution in [3.05, 3.63) is 29.6 Å². The van der Waals surface area contributed by atoms with Gasteiger partial charge in [0.2, 0.25) is 0 Å². The van der Waals surface area contributed by atoms with Gasteiger partial charge >= 0.3 is 5.97 Å². The average molecular weight is 317 g/mol. The first-order valence-electron chi connectivity index (χ1n) is 8.31. The predicted octanol–water partition coefficient (Wildman–Crippen LogP) is 3.13. The van der Waals surface area contributed by atoms with Crippen LogP contribution in [0.1, 0.15) is 44.0 Å². The molecule has 0 aliphatic carbocycles. The molecule has 5 heteroatoms. The van der Waals surface area contributed by atoms with E-state index in [4.69, 9.17) is 10.1 Å². The molecule has 1 N–H and O–H groups in total. The molecule has 0 fully saturated rings. The van der Waals surface area contributed by atoms with Gasteiger partial charge in [-0.05, 0) is 44.6 Å². The minimum absolute atomic E-state index is 0.0425. The number of hydrogen-bond acceptors (Lipinski definition) is 3. The van der Waals surface area contributed by atoms with Gasteiger partial charge in [-0.15, -0.1) is 0 Å². The summed E-state index contributed by atoms with van der Waals surface area (Å²) >= 11 is 0. The van der Waals surface area contributed by atoms with Crippen LogP contribution in [0.4, 0.5) is 0 Å². The second kappa shape index (κ2) is 7.59. The zero-order valence-corrected chi connectivity index (χ0v) is 14.5. The van der Waals surface area contributed by atoms with Gasteiger partial charge in [0.25, 0.3) is 0 Å². The molecule has 5 nitrogen and oxygen atoms in total. The molecule has 2 rings (SSSR count). The third kappa shape index (κ3) is 4.10. The highest BCUT2D eigenvalue weighted by Crippen LogP contribution is 2.27. The van der Waals surface area contributed by atoms with Crippen molar-refractivity contribution in [1.82, 2.24) is 14.5 Å². The minimum Gasteiger partial charge on any atom is -0.481 e. The van der Waals surface area contributed by atoms with E-state index in [0.717, 1.165) is 48.4 Å². The molecule has 2 aromatic rings. The second-order valence-electron chi connectivity index (χ2n) is 6.33. The molecule has 126 valence electrons. The van der Waals surface area contributed by atoms with Crippen LogP contribution in [-0.2, 0) is 17.8 Å². The Balaban J connectivity index is 2.48. The molecule has 0 spiro atoms. The van der Waals surface area contributed by atoms with Gasteiger partial charge in [-0.2, -0.15) is 0 Å². The zero-order chi connectivity index (χ0) is 17.0. The molecule has 23 heavy (non-hydrogen) atoms. The summed E-state index contributed by atoms with van der Waals surface area (Å²) in [6, 6.07) is 5.84. The van der Waals surface area contributed by atoms with Crippen molar-refractivity contribution in [1.29, 1.82) is 0 Å². The van der Waals surface area contributed by atoms with E-state index in [1.165, 1.54) is 0 Å². The van der Waals surface area contributed by atoms with Crippen molar-refractivity contribution in [2.24, 2.45) is 0 Å². The van der Waals surface area contributed by atoms with Crippen LogP contribution in [0, 0.1) is 0 Å². The SMILES string of the molecule is CCC(CC)c1nc2cc(CC(=O)O)ccc2n1CCN(C)C. The van der Waals surface area contributed by atoms with Crippen molar-refractivity contribution in [2.75, 3.05) is 20.6 Å². The van der Waals surface area contributed by atoms with Crippen molar-refractivity contribution in [3.63, 3.8) is 0 Å². The zero-order valence-electron chi connectivity index (χ0n) is 14.5. The van der Waals surface area contributed by atoms with Crippen LogP contribution < -0.4 is 0 Å². The number of fused-ring (bicyclic) bond motifs is 1. The van der Waals surface area contributed by atoms with Crippen LogP contribution in [-0.4, -0.2) is 46.2 Å². The summed E-state index contributed by atoms with van der Waals surface area (Å²) in [4.78, 5) is 17.9. The lowest BCUT2D eigenvalue weighted by atomic mass is 10.0. The highest BCUT2D eigenvalue weighted by Gasteiger charge is 2.18. The van der Waals surface area contributed by atoms with E-state index < -0.39 is 5.97 Å². The Morgan fingerprint density at radius 3 is 2.57 bits per heavy atom. The van der Waals surface area contributed by atoms with Gasteiger partial charge in [-0.3, -0.25) is 4.79 Å². The molecule has 0 bridgehead atoms. The van der Waals surface area contributed by atoms with Gasteiger partial charge in [-0.1, -0.05) is 19.9 Å². The summed E-state index contributed by atoms with van der Waals surface area (Å²) in [5.74, 6) is 0.753. The van der Waals surface area contributed by atoms with Crippen molar-refractivity contribution in [3.8, 4) is 0 Å². The Labute approximate surface area is 137 Å². The topological polar surface area (TPSA) is 58.4 Å². The summed E-state index contributed by atoms with van der Waals surface area (Å²) in [7, 11) is 4.14. The molecule has 0 saturated heterocycles. The predicted molar refractivity (Wildman–Crippen MR) is 92.9 cm³/mol. The summed E-state index contributed by atoms with van der Waals surface area (Å²) in [5, 5.41) is 8.98. The molecule has 1 heterocycles. The fourth-order valence-corrected chi connectivity index (χ4v) is 2.98. The molecule has 0 unspecified atom stereocenters. The molecule has 1 aromatic heterocycles. The van der Waals surface area contributed by atoms with Crippen LogP contribution in [0.5, 0.6) is 0 Å². The normalized spacial score (nSPS) is 11.7. The number of carboxylic acid groups (broad SMARTS) is 1. The average Bonchev–Trinajstić information content (AvgIpc) is 2.83. The summed E-state index contributed by atoms with van der Waals surface area (Å²) in [6.07, 6.45) is 2.16. The first-order valence-corrected chi connectivity index (χ1v) is 8.31. The number of aliphatic carboxylic acids is 1. The van der Waals surface area contributed by atoms with E-state index in [2.05, 4.69) is 37.4 Å². The Hall–Kier alpha value is -1.88. The van der Waals surface area contributed by atoms with Gasteiger partial charge in [0.05, 0.1) is 17.5 Å². The maximum atomic E-state index is 10.9. The quantitative estimate of drug-likeness (QED) is 0.812. The van der Waals surface area contributed by atoms with Crippen molar-refractivity contribution >= 4 is 17.0 Å². The summed E-state index contributed by atoms with van der Waals surface area (Å²) in [5.41, 5.74) is 2.81. The minimum atomic E-state index is -0.809. The standard InChI is InChI=1S/C18H27N3O2/c1-5-14(6-2)18-19-15-11-13(12-17(22)23)7-8-16(15)21(18)10-9-20(3)4/h7-8,11,14H,5-6,9-10,12H2,1-4H3,(H,22,23). The first kappa shape index (κ1) is 17.5. The number of aromatic nitrogens is 2. The third-order valence-electron chi connectivity index (χ3n) is 4.32. The van der Waals surface area contributed by atoms with E-state index in [-0.39, 0.29) is 6.42 Å². The number of carbonyl (C=O) groups is 1. The van der Waals surface area contributed by atoms with Gasteiger partial charge in [0.15, 0.2) is 0 Å². The lowest BCUT2D eigenvalue weighted by molar-refractivity contribution is -0.136. The summed E-state index contributed by atoms with van der Waals surface area (Å²) in [6.45, 7) is 6.24. The summed E-state index contributed by atoms with van der Waals surface area (Å²) < 4.78 is 2.30. The molecule has 0 atom stereocenters. The highest BCUT2D eigenvalue weighted by atomic mass is 16.4. The molecule has 0 aliphatic rings. The number of nitrogens with zero attached hydrogens (tertiary/aromatic N) is 3. The number of benzene rings is 1. The Morgan fingerprint density at radius 2 is 2.00 bits per heavy atom. The van der Waals surface area contributed by atoms with Gasteiger partial charge < -0.3 is 14.6 Å². The molecule has 0 aliphatic heterocycles. The second-order valence-corrected chi connectivity index (χ2v) is 6.33. The molecule has 0 radical (unpaired) electrons. The largest absolute Gasteiger partial charge is 0.481 e. The Bertz CT molecular complexity index is 672. The van der Waals surface area contributed by atoms with Crippen LogP contribution in [0.15, 0.2) is 18.2 Å². The van der Waals surface area contributed by atoms with Crippen molar-refractivity contribution < 1.29 is 9.90 Å². The number of likely N-dealkylation sites (N-methyl/N-ethyl adjacent to an activating group) is 1. The fraction of sp³-hybridized carbons (Fsp3) is 0.556. The Kier molecular flexibility index (Phi) is 5.77. The van der Waals surface area contributed by atoms with E-state index in [1.807, 2.05) is 18.2 Å². The van der Waals surface area contributed by atoms with Crippen molar-refractivity contribution in [2.45, 2.75) is 45.6 Å². The lowest BCUT2D eigenvalue weighted by Crippen LogP contribution is -2.20. The highest BCUT2D eigenvalue weighted by molar-refractivity contribution is 5.79. The number of hydrogen-bond donors (Lipinski definition) is 1. The van der Waals surface area contributed by atoms with Crippen LogP contribution in [0.25, 0.3) is 11.0 Å². The van der Waals surface area contributed by atoms with E-state index >= 15 is 0 Å². The smallest absolute Gasteiger partial charge is 0.307 e.